The van der Waals surface area contributed by atoms with Gasteiger partial charge in [0.1, 0.15) is 12.3 Å². The van der Waals surface area contributed by atoms with E-state index in [0.29, 0.717) is 17.1 Å². The molecule has 4 rings (SSSR count). The number of hydrogen-bond acceptors (Lipinski definition) is 5. The average Bonchev–Trinajstić information content (AvgIpc) is 3.46. The maximum Gasteiger partial charge on any atom is 0.240 e. The van der Waals surface area contributed by atoms with E-state index in [4.69, 9.17) is 17.0 Å². The van der Waals surface area contributed by atoms with Gasteiger partial charge in [-0.05, 0) is 68.0 Å². The highest BCUT2D eigenvalue weighted by atomic mass is 32.1. The number of hydrogen-bond donors (Lipinski definition) is 2. The predicted molar refractivity (Wildman–Crippen MR) is 122 cm³/mol. The standard InChI is InChI=1S/C23H27N5O2S/c1-30-19-11-9-18(10-12-19)22-25-26-23(31)28(22)16-21(29)24-15-20(27-13-5-6-14-27)17-7-3-2-4-8-17/h2-4,7-12,20H,5-6,13-16H2,1H3,(H,24,29)(H,26,31). The molecule has 0 radical (unpaired) electrons. The first-order valence-electron chi connectivity index (χ1n) is 10.5. The molecule has 0 spiro atoms. The van der Waals surface area contributed by atoms with Gasteiger partial charge in [-0.15, -0.1) is 0 Å². The minimum Gasteiger partial charge on any atom is -0.497 e. The Bertz CT molecular complexity index is 1060. The van der Waals surface area contributed by atoms with Crippen molar-refractivity contribution in [3.05, 3.63) is 64.9 Å². The molecule has 2 aromatic carbocycles. The number of aromatic amines is 1. The first-order chi connectivity index (χ1) is 15.2. The Hall–Kier alpha value is -2.97. The molecule has 1 fully saturated rings. The SMILES string of the molecule is COc1ccc(-c2n[nH]c(=S)n2CC(=O)NCC(c2ccccc2)N2CCCC2)cc1. The smallest absolute Gasteiger partial charge is 0.240 e. The number of carbonyl (C=O) groups excluding carboxylic acids is 1. The molecule has 1 atom stereocenters. The van der Waals surface area contributed by atoms with E-state index in [2.05, 4.69) is 32.5 Å². The van der Waals surface area contributed by atoms with E-state index in [1.165, 1.54) is 18.4 Å². The summed E-state index contributed by atoms with van der Waals surface area (Å²) in [4.78, 5) is 15.3. The fourth-order valence-corrected chi connectivity index (χ4v) is 4.22. The molecular formula is C23H27N5O2S. The first-order valence-corrected chi connectivity index (χ1v) is 10.9. The molecule has 162 valence electrons. The Morgan fingerprint density at radius 1 is 1.16 bits per heavy atom. The van der Waals surface area contributed by atoms with E-state index in [1.807, 2.05) is 42.5 Å². The molecule has 0 bridgehead atoms. The largest absolute Gasteiger partial charge is 0.497 e. The lowest BCUT2D eigenvalue weighted by atomic mass is 10.1. The van der Waals surface area contributed by atoms with Gasteiger partial charge in [0.25, 0.3) is 0 Å². The minimum absolute atomic E-state index is 0.0904. The van der Waals surface area contributed by atoms with Crippen molar-refractivity contribution in [2.45, 2.75) is 25.4 Å². The van der Waals surface area contributed by atoms with Crippen LogP contribution in [0.4, 0.5) is 0 Å². The third-order valence-corrected chi connectivity index (χ3v) is 5.98. The molecule has 1 amide bonds. The van der Waals surface area contributed by atoms with Gasteiger partial charge in [-0.25, -0.2) is 0 Å². The number of rotatable bonds is 8. The molecule has 0 saturated carbocycles. The second-order valence-corrected chi connectivity index (χ2v) is 8.03. The van der Waals surface area contributed by atoms with Crippen molar-refractivity contribution in [2.75, 3.05) is 26.7 Å². The number of amides is 1. The lowest BCUT2D eigenvalue weighted by Crippen LogP contribution is -2.38. The third kappa shape index (κ3) is 5.03. The van der Waals surface area contributed by atoms with E-state index in [-0.39, 0.29) is 18.5 Å². The molecule has 1 aliphatic heterocycles. The Labute approximate surface area is 187 Å². The molecule has 3 aromatic rings. The van der Waals surface area contributed by atoms with Crippen LogP contribution in [0.5, 0.6) is 5.75 Å². The first kappa shape index (κ1) is 21.3. The summed E-state index contributed by atoms with van der Waals surface area (Å²) < 4.78 is 7.35. The van der Waals surface area contributed by atoms with Crippen molar-refractivity contribution < 1.29 is 9.53 Å². The Balaban J connectivity index is 1.46. The predicted octanol–water partition coefficient (Wildman–Crippen LogP) is 3.57. The minimum atomic E-state index is -0.0904. The third-order valence-electron chi connectivity index (χ3n) is 5.67. The lowest BCUT2D eigenvalue weighted by Gasteiger charge is -2.28. The van der Waals surface area contributed by atoms with Crippen molar-refractivity contribution >= 4 is 18.1 Å². The zero-order valence-corrected chi connectivity index (χ0v) is 18.4. The Morgan fingerprint density at radius 3 is 2.55 bits per heavy atom. The lowest BCUT2D eigenvalue weighted by molar-refractivity contribution is -0.121. The molecular weight excluding hydrogens is 410 g/mol. The van der Waals surface area contributed by atoms with Gasteiger partial charge < -0.3 is 10.1 Å². The van der Waals surface area contributed by atoms with Crippen LogP contribution in [0.1, 0.15) is 24.4 Å². The van der Waals surface area contributed by atoms with Crippen molar-refractivity contribution in [3.8, 4) is 17.1 Å². The number of ether oxygens (including phenoxy) is 1. The summed E-state index contributed by atoms with van der Waals surface area (Å²) >= 11 is 5.37. The Morgan fingerprint density at radius 2 is 1.87 bits per heavy atom. The fourth-order valence-electron chi connectivity index (χ4n) is 4.02. The van der Waals surface area contributed by atoms with Crippen LogP contribution in [-0.4, -0.2) is 52.3 Å². The van der Waals surface area contributed by atoms with E-state index in [9.17, 15) is 4.79 Å². The van der Waals surface area contributed by atoms with Crippen LogP contribution in [0, 0.1) is 4.77 Å². The number of aromatic nitrogens is 3. The number of methoxy groups -OCH3 is 1. The van der Waals surface area contributed by atoms with E-state index >= 15 is 0 Å². The van der Waals surface area contributed by atoms with Crippen molar-refractivity contribution in [2.24, 2.45) is 0 Å². The molecule has 2 N–H and O–H groups in total. The molecule has 1 unspecified atom stereocenters. The number of carbonyl (C=O) groups is 1. The van der Waals surface area contributed by atoms with Gasteiger partial charge in [0.2, 0.25) is 5.91 Å². The number of likely N-dealkylation sites (tertiary alicyclic amines) is 1. The highest BCUT2D eigenvalue weighted by molar-refractivity contribution is 7.71. The fraction of sp³-hybridized carbons (Fsp3) is 0.348. The number of nitrogens with one attached hydrogen (secondary N) is 2. The van der Waals surface area contributed by atoms with Crippen LogP contribution in [0.3, 0.4) is 0 Å². The van der Waals surface area contributed by atoms with Gasteiger partial charge in [0.15, 0.2) is 10.6 Å². The van der Waals surface area contributed by atoms with Crippen LogP contribution in [0.15, 0.2) is 54.6 Å². The van der Waals surface area contributed by atoms with Gasteiger partial charge in [0.05, 0.1) is 13.2 Å². The topological polar surface area (TPSA) is 75.2 Å². The van der Waals surface area contributed by atoms with Crippen LogP contribution in [0.25, 0.3) is 11.4 Å². The van der Waals surface area contributed by atoms with E-state index < -0.39 is 0 Å². The maximum absolute atomic E-state index is 12.8. The molecule has 8 heteroatoms. The van der Waals surface area contributed by atoms with Crippen LogP contribution in [-0.2, 0) is 11.3 Å². The monoisotopic (exact) mass is 437 g/mol. The summed E-state index contributed by atoms with van der Waals surface area (Å²) in [6.07, 6.45) is 2.40. The molecule has 0 aliphatic carbocycles. The van der Waals surface area contributed by atoms with Gasteiger partial charge in [0, 0.05) is 12.1 Å². The summed E-state index contributed by atoms with van der Waals surface area (Å²) in [7, 11) is 1.63. The van der Waals surface area contributed by atoms with Crippen LogP contribution >= 0.6 is 12.2 Å². The van der Waals surface area contributed by atoms with E-state index in [1.54, 1.807) is 11.7 Å². The van der Waals surface area contributed by atoms with Gasteiger partial charge in [-0.2, -0.15) is 5.10 Å². The molecule has 31 heavy (non-hydrogen) atoms. The highest BCUT2D eigenvalue weighted by Crippen LogP contribution is 2.24. The Kier molecular flexibility index (Phi) is 6.79. The molecule has 1 aromatic heterocycles. The summed E-state index contributed by atoms with van der Waals surface area (Å²) in [6, 6.07) is 18.1. The summed E-state index contributed by atoms with van der Waals surface area (Å²) in [5, 5.41) is 10.2. The molecule has 2 heterocycles. The number of H-pyrrole nitrogens is 1. The van der Waals surface area contributed by atoms with E-state index in [0.717, 1.165) is 24.4 Å². The number of nitrogens with zero attached hydrogens (tertiary/aromatic N) is 3. The van der Waals surface area contributed by atoms with Gasteiger partial charge in [-0.1, -0.05) is 30.3 Å². The van der Waals surface area contributed by atoms with Crippen molar-refractivity contribution in [3.63, 3.8) is 0 Å². The van der Waals surface area contributed by atoms with Crippen molar-refractivity contribution in [1.29, 1.82) is 0 Å². The zero-order valence-electron chi connectivity index (χ0n) is 17.6. The number of benzene rings is 2. The zero-order chi connectivity index (χ0) is 21.6. The second kappa shape index (κ2) is 9.89. The maximum atomic E-state index is 12.8. The normalized spacial score (nSPS) is 15.0. The molecule has 1 aliphatic rings. The van der Waals surface area contributed by atoms with Crippen molar-refractivity contribution in [1.82, 2.24) is 25.0 Å². The quantitative estimate of drug-likeness (QED) is 0.527. The summed E-state index contributed by atoms with van der Waals surface area (Å²) in [5.74, 6) is 1.30. The van der Waals surface area contributed by atoms with Crippen LogP contribution in [0.2, 0.25) is 0 Å². The summed E-state index contributed by atoms with van der Waals surface area (Å²) in [5.41, 5.74) is 2.09. The summed E-state index contributed by atoms with van der Waals surface area (Å²) in [6.45, 7) is 2.79. The van der Waals surface area contributed by atoms with Crippen LogP contribution < -0.4 is 10.1 Å². The van der Waals surface area contributed by atoms with Gasteiger partial charge >= 0.3 is 0 Å². The van der Waals surface area contributed by atoms with Gasteiger partial charge in [-0.3, -0.25) is 19.4 Å². The average molecular weight is 438 g/mol. The highest BCUT2D eigenvalue weighted by Gasteiger charge is 2.24. The molecule has 1 saturated heterocycles. The molecule has 7 nitrogen and oxygen atoms in total. The second-order valence-electron chi connectivity index (χ2n) is 7.64.